The van der Waals surface area contributed by atoms with E-state index in [0.29, 0.717) is 0 Å². The van der Waals surface area contributed by atoms with Crippen molar-refractivity contribution in [2.24, 2.45) is 0 Å². The minimum absolute atomic E-state index is 0.814. The van der Waals surface area contributed by atoms with E-state index >= 15 is 0 Å². The molecule has 0 spiro atoms. The molecule has 0 radical (unpaired) electrons. The summed E-state index contributed by atoms with van der Waals surface area (Å²) in [4.78, 5) is 4.33. The number of imidazole rings is 1. The Kier molecular flexibility index (Phi) is 3.47. The fraction of sp³-hybridized carbons (Fsp3) is 0.357. The van der Waals surface area contributed by atoms with E-state index in [1.165, 1.54) is 11.1 Å². The summed E-state index contributed by atoms with van der Waals surface area (Å²) in [7, 11) is 1.71. The van der Waals surface area contributed by atoms with Gasteiger partial charge in [0.25, 0.3) is 0 Å². The second kappa shape index (κ2) is 5.04. The highest BCUT2D eigenvalue weighted by Crippen LogP contribution is 2.21. The SMILES string of the molecule is CCc1nccn1Cc1cc(C)ccc1OC. The Balaban J connectivity index is 2.32. The Morgan fingerprint density at radius 2 is 2.18 bits per heavy atom. The van der Waals surface area contributed by atoms with Crippen molar-refractivity contribution in [2.45, 2.75) is 26.8 Å². The van der Waals surface area contributed by atoms with E-state index in [1.807, 2.05) is 18.5 Å². The van der Waals surface area contributed by atoms with Crippen LogP contribution in [0.1, 0.15) is 23.9 Å². The van der Waals surface area contributed by atoms with Crippen LogP contribution in [0.3, 0.4) is 0 Å². The molecule has 0 N–H and O–H groups in total. The van der Waals surface area contributed by atoms with Crippen LogP contribution in [0.5, 0.6) is 5.75 Å². The molecule has 0 unspecified atom stereocenters. The molecule has 2 rings (SSSR count). The summed E-state index contributed by atoms with van der Waals surface area (Å²) in [5, 5.41) is 0. The molecular formula is C14H18N2O. The molecule has 0 bridgehead atoms. The number of hydrogen-bond donors (Lipinski definition) is 0. The van der Waals surface area contributed by atoms with E-state index < -0.39 is 0 Å². The Hall–Kier alpha value is -1.77. The molecule has 0 fully saturated rings. The third-order valence-electron chi connectivity index (χ3n) is 2.89. The van der Waals surface area contributed by atoms with Crippen molar-refractivity contribution in [3.63, 3.8) is 0 Å². The third-order valence-corrected chi connectivity index (χ3v) is 2.89. The Morgan fingerprint density at radius 3 is 2.88 bits per heavy atom. The first-order valence-electron chi connectivity index (χ1n) is 5.88. The number of aryl methyl sites for hydroxylation is 2. The molecule has 1 aromatic heterocycles. The summed E-state index contributed by atoms with van der Waals surface area (Å²) in [5.74, 6) is 2.04. The van der Waals surface area contributed by atoms with Crippen LogP contribution in [0.15, 0.2) is 30.6 Å². The zero-order valence-corrected chi connectivity index (χ0v) is 10.6. The quantitative estimate of drug-likeness (QED) is 0.807. The van der Waals surface area contributed by atoms with Crippen LogP contribution in [0.2, 0.25) is 0 Å². The smallest absolute Gasteiger partial charge is 0.123 e. The van der Waals surface area contributed by atoms with E-state index in [0.717, 1.165) is 24.5 Å². The maximum absolute atomic E-state index is 5.39. The van der Waals surface area contributed by atoms with Gasteiger partial charge in [-0.25, -0.2) is 4.98 Å². The standard InChI is InChI=1S/C14H18N2O/c1-4-14-15-7-8-16(14)10-12-9-11(2)5-6-13(12)17-3/h5-9H,4,10H2,1-3H3. The van der Waals surface area contributed by atoms with Gasteiger partial charge >= 0.3 is 0 Å². The van der Waals surface area contributed by atoms with Gasteiger partial charge < -0.3 is 9.30 Å². The molecule has 0 atom stereocenters. The summed E-state index contributed by atoms with van der Waals surface area (Å²) in [6.45, 7) is 5.03. The summed E-state index contributed by atoms with van der Waals surface area (Å²) in [6, 6.07) is 6.25. The van der Waals surface area contributed by atoms with Gasteiger partial charge in [-0.1, -0.05) is 24.6 Å². The van der Waals surface area contributed by atoms with E-state index in [4.69, 9.17) is 4.74 Å². The van der Waals surface area contributed by atoms with Crippen LogP contribution in [-0.4, -0.2) is 16.7 Å². The van der Waals surface area contributed by atoms with E-state index in [9.17, 15) is 0 Å². The summed E-state index contributed by atoms with van der Waals surface area (Å²) < 4.78 is 7.55. The minimum Gasteiger partial charge on any atom is -0.496 e. The van der Waals surface area contributed by atoms with Crippen molar-refractivity contribution in [1.29, 1.82) is 0 Å². The van der Waals surface area contributed by atoms with Gasteiger partial charge in [0.1, 0.15) is 11.6 Å². The van der Waals surface area contributed by atoms with Crippen LogP contribution in [0, 0.1) is 6.92 Å². The van der Waals surface area contributed by atoms with Crippen LogP contribution < -0.4 is 4.74 Å². The molecule has 0 aliphatic rings. The van der Waals surface area contributed by atoms with Crippen LogP contribution >= 0.6 is 0 Å². The molecule has 3 heteroatoms. The van der Waals surface area contributed by atoms with Gasteiger partial charge in [0.2, 0.25) is 0 Å². The van der Waals surface area contributed by atoms with Gasteiger partial charge in [0.05, 0.1) is 13.7 Å². The van der Waals surface area contributed by atoms with Gasteiger partial charge in [0, 0.05) is 24.4 Å². The third kappa shape index (κ3) is 2.49. The van der Waals surface area contributed by atoms with E-state index in [2.05, 4.69) is 35.5 Å². The van der Waals surface area contributed by atoms with E-state index in [-0.39, 0.29) is 0 Å². The van der Waals surface area contributed by atoms with Crippen molar-refractivity contribution in [1.82, 2.24) is 9.55 Å². The van der Waals surface area contributed by atoms with Crippen molar-refractivity contribution in [3.05, 3.63) is 47.5 Å². The topological polar surface area (TPSA) is 27.1 Å². The molecule has 1 aromatic carbocycles. The van der Waals surface area contributed by atoms with Gasteiger partial charge in [-0.15, -0.1) is 0 Å². The Labute approximate surface area is 102 Å². The molecule has 3 nitrogen and oxygen atoms in total. The lowest BCUT2D eigenvalue weighted by molar-refractivity contribution is 0.408. The first-order chi connectivity index (χ1) is 8.24. The second-order valence-corrected chi connectivity index (χ2v) is 4.14. The highest BCUT2D eigenvalue weighted by molar-refractivity contribution is 5.37. The predicted octanol–water partition coefficient (Wildman–Crippen LogP) is 2.81. The zero-order valence-electron chi connectivity index (χ0n) is 10.6. The Morgan fingerprint density at radius 1 is 1.35 bits per heavy atom. The second-order valence-electron chi connectivity index (χ2n) is 4.14. The average molecular weight is 230 g/mol. The lowest BCUT2D eigenvalue weighted by Crippen LogP contribution is -2.05. The molecule has 0 aliphatic heterocycles. The lowest BCUT2D eigenvalue weighted by Gasteiger charge is -2.11. The molecule has 1 heterocycles. The first-order valence-corrected chi connectivity index (χ1v) is 5.88. The van der Waals surface area contributed by atoms with Crippen molar-refractivity contribution in [2.75, 3.05) is 7.11 Å². The number of aromatic nitrogens is 2. The normalized spacial score (nSPS) is 10.5. The zero-order chi connectivity index (χ0) is 12.3. The molecule has 90 valence electrons. The maximum atomic E-state index is 5.39. The van der Waals surface area contributed by atoms with E-state index in [1.54, 1.807) is 7.11 Å². The first kappa shape index (κ1) is 11.7. The monoisotopic (exact) mass is 230 g/mol. The van der Waals surface area contributed by atoms with Crippen LogP contribution in [0.25, 0.3) is 0 Å². The summed E-state index contributed by atoms with van der Waals surface area (Å²) in [6.07, 6.45) is 4.81. The maximum Gasteiger partial charge on any atom is 0.123 e. The summed E-state index contributed by atoms with van der Waals surface area (Å²) >= 11 is 0. The molecule has 0 saturated heterocycles. The van der Waals surface area contributed by atoms with Gasteiger partial charge in [0.15, 0.2) is 0 Å². The van der Waals surface area contributed by atoms with Crippen molar-refractivity contribution >= 4 is 0 Å². The van der Waals surface area contributed by atoms with Crippen molar-refractivity contribution < 1.29 is 4.74 Å². The molecular weight excluding hydrogens is 212 g/mol. The number of methoxy groups -OCH3 is 1. The van der Waals surface area contributed by atoms with Gasteiger partial charge in [-0.2, -0.15) is 0 Å². The number of hydrogen-bond acceptors (Lipinski definition) is 2. The van der Waals surface area contributed by atoms with Gasteiger partial charge in [-0.05, 0) is 13.0 Å². The largest absolute Gasteiger partial charge is 0.496 e. The molecule has 2 aromatic rings. The number of rotatable bonds is 4. The average Bonchev–Trinajstić information content (AvgIpc) is 2.77. The fourth-order valence-corrected chi connectivity index (χ4v) is 2.01. The molecule has 0 saturated carbocycles. The molecule has 0 amide bonds. The van der Waals surface area contributed by atoms with Crippen LogP contribution in [0.4, 0.5) is 0 Å². The Bertz CT molecular complexity index is 503. The molecule has 0 aliphatic carbocycles. The number of nitrogens with zero attached hydrogens (tertiary/aromatic N) is 2. The molecule has 17 heavy (non-hydrogen) atoms. The fourth-order valence-electron chi connectivity index (χ4n) is 2.01. The number of benzene rings is 1. The van der Waals surface area contributed by atoms with Crippen molar-refractivity contribution in [3.8, 4) is 5.75 Å². The highest BCUT2D eigenvalue weighted by Gasteiger charge is 2.06. The lowest BCUT2D eigenvalue weighted by atomic mass is 10.1. The summed E-state index contributed by atoms with van der Waals surface area (Å²) in [5.41, 5.74) is 2.44. The minimum atomic E-state index is 0.814. The highest BCUT2D eigenvalue weighted by atomic mass is 16.5. The van der Waals surface area contributed by atoms with Gasteiger partial charge in [-0.3, -0.25) is 0 Å². The van der Waals surface area contributed by atoms with Crippen LogP contribution in [-0.2, 0) is 13.0 Å². The number of ether oxygens (including phenoxy) is 1. The predicted molar refractivity (Wildman–Crippen MR) is 68.4 cm³/mol.